The van der Waals surface area contributed by atoms with Crippen LogP contribution in [-0.4, -0.2) is 14.9 Å². The Hall–Kier alpha value is -2.34. The molecule has 2 aromatic rings. The molecule has 1 aromatic carbocycles. The zero-order chi connectivity index (χ0) is 14.5. The predicted molar refractivity (Wildman–Crippen MR) is 75.1 cm³/mol. The van der Waals surface area contributed by atoms with Crippen LogP contribution in [0.25, 0.3) is 0 Å². The maximum Gasteiger partial charge on any atom is 0.272 e. The third-order valence-corrected chi connectivity index (χ3v) is 3.16. The first kappa shape index (κ1) is 14.1. The van der Waals surface area contributed by atoms with E-state index in [0.717, 1.165) is 11.3 Å². The Morgan fingerprint density at radius 3 is 2.85 bits per heavy atom. The van der Waals surface area contributed by atoms with Crippen LogP contribution < -0.4 is 5.32 Å². The highest BCUT2D eigenvalue weighted by molar-refractivity contribution is 5.43. The van der Waals surface area contributed by atoms with Gasteiger partial charge in [-0.3, -0.25) is 10.1 Å². The number of rotatable bonds is 5. The molecule has 6 heteroatoms. The van der Waals surface area contributed by atoms with Crippen LogP contribution in [0.4, 0.5) is 5.69 Å². The van der Waals surface area contributed by atoms with Gasteiger partial charge in [0.15, 0.2) is 0 Å². The number of nitrogens with zero attached hydrogens (tertiary/aromatic N) is 3. The molecule has 0 saturated carbocycles. The van der Waals surface area contributed by atoms with E-state index >= 15 is 0 Å². The molecule has 1 atom stereocenters. The molecular weight excluding hydrogens is 256 g/mol. The van der Waals surface area contributed by atoms with Crippen LogP contribution in [0, 0.1) is 17.0 Å². The van der Waals surface area contributed by atoms with Gasteiger partial charge in [0.1, 0.15) is 6.33 Å². The minimum Gasteiger partial charge on any atom is -0.305 e. The summed E-state index contributed by atoms with van der Waals surface area (Å²) in [5.74, 6) is 0. The van der Waals surface area contributed by atoms with Crippen LogP contribution in [0.5, 0.6) is 0 Å². The fourth-order valence-electron chi connectivity index (χ4n) is 1.89. The van der Waals surface area contributed by atoms with Crippen molar-refractivity contribution in [3.8, 4) is 0 Å². The minimum absolute atomic E-state index is 0.00395. The van der Waals surface area contributed by atoms with E-state index in [1.165, 1.54) is 6.33 Å². The van der Waals surface area contributed by atoms with E-state index in [9.17, 15) is 10.1 Å². The first-order valence-electron chi connectivity index (χ1n) is 6.31. The van der Waals surface area contributed by atoms with Crippen LogP contribution in [0.15, 0.2) is 36.8 Å². The third kappa shape index (κ3) is 3.36. The molecule has 1 aromatic heterocycles. The number of hydrogen-bond acceptors (Lipinski definition) is 5. The molecule has 0 bridgehead atoms. The quantitative estimate of drug-likeness (QED) is 0.668. The summed E-state index contributed by atoms with van der Waals surface area (Å²) >= 11 is 0. The number of hydrogen-bond donors (Lipinski definition) is 1. The van der Waals surface area contributed by atoms with Gasteiger partial charge in [-0.15, -0.1) is 0 Å². The Morgan fingerprint density at radius 2 is 2.20 bits per heavy atom. The van der Waals surface area contributed by atoms with Gasteiger partial charge in [0, 0.05) is 30.4 Å². The number of nitro benzene ring substituents is 1. The molecule has 0 spiro atoms. The topological polar surface area (TPSA) is 81.0 Å². The monoisotopic (exact) mass is 272 g/mol. The fraction of sp³-hybridized carbons (Fsp3) is 0.286. The molecule has 0 radical (unpaired) electrons. The SMILES string of the molecule is Cc1ccc(C(C)NCc2ccncn2)cc1[N+](=O)[O-]. The van der Waals surface area contributed by atoms with Crippen molar-refractivity contribution in [1.29, 1.82) is 0 Å². The Labute approximate surface area is 117 Å². The standard InChI is InChI=1S/C14H16N4O2/c1-10-3-4-12(7-14(10)18(19)20)11(2)16-8-13-5-6-15-9-17-13/h3-7,9,11,16H,8H2,1-2H3. The summed E-state index contributed by atoms with van der Waals surface area (Å²) < 4.78 is 0. The third-order valence-electron chi connectivity index (χ3n) is 3.16. The van der Waals surface area contributed by atoms with Crippen molar-refractivity contribution in [2.24, 2.45) is 0 Å². The van der Waals surface area contributed by atoms with Gasteiger partial charge in [-0.05, 0) is 25.5 Å². The summed E-state index contributed by atoms with van der Waals surface area (Å²) in [4.78, 5) is 18.6. The number of nitrogens with one attached hydrogen (secondary N) is 1. The Bertz CT molecular complexity index is 601. The molecule has 0 aliphatic heterocycles. The molecule has 2 rings (SSSR count). The van der Waals surface area contributed by atoms with E-state index in [0.29, 0.717) is 12.1 Å². The second kappa shape index (κ2) is 6.21. The van der Waals surface area contributed by atoms with E-state index < -0.39 is 0 Å². The van der Waals surface area contributed by atoms with Gasteiger partial charge < -0.3 is 5.32 Å². The summed E-state index contributed by atoms with van der Waals surface area (Å²) in [5, 5.41) is 14.2. The minimum atomic E-state index is -0.351. The van der Waals surface area contributed by atoms with Gasteiger partial charge in [0.25, 0.3) is 5.69 Å². The van der Waals surface area contributed by atoms with Crippen LogP contribution in [-0.2, 0) is 6.54 Å². The molecule has 1 N–H and O–H groups in total. The first-order valence-corrected chi connectivity index (χ1v) is 6.31. The molecule has 20 heavy (non-hydrogen) atoms. The average molecular weight is 272 g/mol. The van der Waals surface area contributed by atoms with Gasteiger partial charge in [-0.1, -0.05) is 12.1 Å². The lowest BCUT2D eigenvalue weighted by Crippen LogP contribution is -2.19. The molecule has 6 nitrogen and oxygen atoms in total. The van der Waals surface area contributed by atoms with Crippen LogP contribution >= 0.6 is 0 Å². The lowest BCUT2D eigenvalue weighted by molar-refractivity contribution is -0.385. The van der Waals surface area contributed by atoms with E-state index in [-0.39, 0.29) is 16.7 Å². The molecule has 0 amide bonds. The van der Waals surface area contributed by atoms with Crippen molar-refractivity contribution in [2.75, 3.05) is 0 Å². The second-order valence-corrected chi connectivity index (χ2v) is 4.61. The highest BCUT2D eigenvalue weighted by Gasteiger charge is 2.14. The highest BCUT2D eigenvalue weighted by Crippen LogP contribution is 2.23. The van der Waals surface area contributed by atoms with Crippen molar-refractivity contribution in [1.82, 2.24) is 15.3 Å². The van der Waals surface area contributed by atoms with E-state index in [2.05, 4.69) is 15.3 Å². The van der Waals surface area contributed by atoms with Crippen molar-refractivity contribution in [3.63, 3.8) is 0 Å². The molecule has 0 aliphatic carbocycles. The number of nitro groups is 1. The number of aromatic nitrogens is 2. The van der Waals surface area contributed by atoms with Crippen LogP contribution in [0.2, 0.25) is 0 Å². The van der Waals surface area contributed by atoms with Gasteiger partial charge in [-0.25, -0.2) is 9.97 Å². The second-order valence-electron chi connectivity index (χ2n) is 4.61. The smallest absolute Gasteiger partial charge is 0.272 e. The van der Waals surface area contributed by atoms with Gasteiger partial charge in [0.2, 0.25) is 0 Å². The number of benzene rings is 1. The Morgan fingerprint density at radius 1 is 1.40 bits per heavy atom. The van der Waals surface area contributed by atoms with Crippen LogP contribution in [0.3, 0.4) is 0 Å². The van der Waals surface area contributed by atoms with Crippen molar-refractivity contribution in [2.45, 2.75) is 26.4 Å². The molecule has 0 fully saturated rings. The van der Waals surface area contributed by atoms with Crippen molar-refractivity contribution >= 4 is 5.69 Å². The molecule has 0 aliphatic rings. The largest absolute Gasteiger partial charge is 0.305 e. The fourth-order valence-corrected chi connectivity index (χ4v) is 1.89. The number of aryl methyl sites for hydroxylation is 1. The lowest BCUT2D eigenvalue weighted by atomic mass is 10.0. The van der Waals surface area contributed by atoms with Gasteiger partial charge in [-0.2, -0.15) is 0 Å². The molecule has 0 saturated heterocycles. The van der Waals surface area contributed by atoms with Gasteiger partial charge >= 0.3 is 0 Å². The molecular formula is C14H16N4O2. The highest BCUT2D eigenvalue weighted by atomic mass is 16.6. The average Bonchev–Trinajstić information content (AvgIpc) is 2.46. The normalized spacial score (nSPS) is 12.1. The zero-order valence-corrected chi connectivity index (χ0v) is 11.4. The molecule has 1 heterocycles. The van der Waals surface area contributed by atoms with Gasteiger partial charge in [0.05, 0.1) is 10.6 Å². The van der Waals surface area contributed by atoms with E-state index in [1.54, 1.807) is 25.3 Å². The molecule has 1 unspecified atom stereocenters. The Kier molecular flexibility index (Phi) is 4.37. The van der Waals surface area contributed by atoms with Crippen molar-refractivity contribution < 1.29 is 4.92 Å². The Balaban J connectivity index is 2.07. The molecule has 104 valence electrons. The summed E-state index contributed by atoms with van der Waals surface area (Å²) in [6.07, 6.45) is 3.18. The maximum absolute atomic E-state index is 10.9. The predicted octanol–water partition coefficient (Wildman–Crippen LogP) is 2.54. The first-order chi connectivity index (χ1) is 9.58. The lowest BCUT2D eigenvalue weighted by Gasteiger charge is -2.14. The zero-order valence-electron chi connectivity index (χ0n) is 11.4. The van der Waals surface area contributed by atoms with E-state index in [1.807, 2.05) is 19.1 Å². The van der Waals surface area contributed by atoms with E-state index in [4.69, 9.17) is 0 Å². The van der Waals surface area contributed by atoms with Crippen molar-refractivity contribution in [3.05, 3.63) is 63.7 Å². The summed E-state index contributed by atoms with van der Waals surface area (Å²) in [6, 6.07) is 7.13. The summed E-state index contributed by atoms with van der Waals surface area (Å²) in [7, 11) is 0. The summed E-state index contributed by atoms with van der Waals surface area (Å²) in [6.45, 7) is 4.29. The van der Waals surface area contributed by atoms with Crippen LogP contribution in [0.1, 0.15) is 29.8 Å². The maximum atomic E-state index is 10.9. The summed E-state index contributed by atoms with van der Waals surface area (Å²) in [5.41, 5.74) is 2.59.